The smallest absolute Gasteiger partial charge is 0.410 e. The quantitative estimate of drug-likeness (QED) is 0.708. The summed E-state index contributed by atoms with van der Waals surface area (Å²) in [5.74, 6) is -0.879. The second kappa shape index (κ2) is 5.35. The lowest BCUT2D eigenvalue weighted by atomic mass is 10.2. The van der Waals surface area contributed by atoms with Crippen LogP contribution in [0.3, 0.4) is 0 Å². The van der Waals surface area contributed by atoms with Crippen molar-refractivity contribution in [1.82, 2.24) is 10.2 Å². The van der Waals surface area contributed by atoms with Crippen LogP contribution in [0.4, 0.5) is 4.79 Å². The molecule has 0 aromatic heterocycles. The van der Waals surface area contributed by atoms with Crippen molar-refractivity contribution in [3.05, 3.63) is 0 Å². The number of ether oxygens (including phenoxy) is 1. The molecule has 98 valence electrons. The number of rotatable bonds is 1. The van der Waals surface area contributed by atoms with Crippen molar-refractivity contribution in [2.24, 2.45) is 0 Å². The lowest BCUT2D eigenvalue weighted by Crippen LogP contribution is -2.38. The molecule has 0 aromatic rings. The van der Waals surface area contributed by atoms with E-state index in [0.29, 0.717) is 26.1 Å². The number of carbonyl (C=O) groups excluding carboxylic acids is 1. The Hall–Kier alpha value is -1.30. The Balaban J connectivity index is 2.51. The van der Waals surface area contributed by atoms with Gasteiger partial charge in [-0.05, 0) is 27.2 Å². The molecule has 6 nitrogen and oxygen atoms in total. The molecule has 1 unspecified atom stereocenters. The SMILES string of the molecule is CC(C)(C)OC(=O)N1CCNC(C(=O)O)CC1. The average molecular weight is 244 g/mol. The highest BCUT2D eigenvalue weighted by Crippen LogP contribution is 2.11. The highest BCUT2D eigenvalue weighted by Gasteiger charge is 2.27. The number of amides is 1. The molecule has 0 radical (unpaired) electrons. The van der Waals surface area contributed by atoms with Crippen molar-refractivity contribution in [2.45, 2.75) is 38.8 Å². The minimum atomic E-state index is -0.879. The van der Waals surface area contributed by atoms with Crippen molar-refractivity contribution >= 4 is 12.1 Å². The maximum Gasteiger partial charge on any atom is 0.410 e. The summed E-state index contributed by atoms with van der Waals surface area (Å²) in [5, 5.41) is 11.8. The first-order valence-electron chi connectivity index (χ1n) is 5.74. The molecule has 0 aliphatic carbocycles. The van der Waals surface area contributed by atoms with Gasteiger partial charge in [-0.15, -0.1) is 0 Å². The number of carbonyl (C=O) groups is 2. The summed E-state index contributed by atoms with van der Waals surface area (Å²) in [6, 6.07) is -0.581. The van der Waals surface area contributed by atoms with Gasteiger partial charge in [-0.3, -0.25) is 4.79 Å². The Labute approximate surface area is 101 Å². The lowest BCUT2D eigenvalue weighted by molar-refractivity contribution is -0.139. The number of hydrogen-bond acceptors (Lipinski definition) is 4. The number of nitrogens with one attached hydrogen (secondary N) is 1. The topological polar surface area (TPSA) is 78.9 Å². The summed E-state index contributed by atoms with van der Waals surface area (Å²) in [4.78, 5) is 24.1. The van der Waals surface area contributed by atoms with Gasteiger partial charge in [-0.2, -0.15) is 0 Å². The molecule has 1 atom stereocenters. The second-order valence-electron chi connectivity index (χ2n) is 5.10. The fourth-order valence-electron chi connectivity index (χ4n) is 1.59. The predicted molar refractivity (Wildman–Crippen MR) is 61.9 cm³/mol. The first-order valence-corrected chi connectivity index (χ1v) is 5.74. The molecule has 1 aliphatic heterocycles. The van der Waals surface area contributed by atoms with E-state index in [1.807, 2.05) is 0 Å². The van der Waals surface area contributed by atoms with Crippen LogP contribution in [-0.2, 0) is 9.53 Å². The predicted octanol–water partition coefficient (Wildman–Crippen LogP) is 0.670. The van der Waals surface area contributed by atoms with Crippen LogP contribution in [0.2, 0.25) is 0 Å². The summed E-state index contributed by atoms with van der Waals surface area (Å²) in [7, 11) is 0. The van der Waals surface area contributed by atoms with Gasteiger partial charge in [0.15, 0.2) is 0 Å². The number of carboxylic acid groups (broad SMARTS) is 1. The van der Waals surface area contributed by atoms with Crippen molar-refractivity contribution in [3.8, 4) is 0 Å². The molecule has 0 spiro atoms. The Morgan fingerprint density at radius 2 is 2.00 bits per heavy atom. The third kappa shape index (κ3) is 4.60. The van der Waals surface area contributed by atoms with Gasteiger partial charge < -0.3 is 20.1 Å². The molecule has 1 aliphatic rings. The van der Waals surface area contributed by atoms with Crippen molar-refractivity contribution in [3.63, 3.8) is 0 Å². The maximum absolute atomic E-state index is 11.8. The zero-order valence-electron chi connectivity index (χ0n) is 10.5. The van der Waals surface area contributed by atoms with E-state index < -0.39 is 17.6 Å². The monoisotopic (exact) mass is 244 g/mol. The van der Waals surface area contributed by atoms with Gasteiger partial charge in [0, 0.05) is 19.6 Å². The van der Waals surface area contributed by atoms with Crippen LogP contribution in [0.5, 0.6) is 0 Å². The van der Waals surface area contributed by atoms with Crippen LogP contribution in [-0.4, -0.2) is 53.3 Å². The Kier molecular flexibility index (Phi) is 4.34. The van der Waals surface area contributed by atoms with Crippen molar-refractivity contribution < 1.29 is 19.4 Å². The molecule has 1 saturated heterocycles. The van der Waals surface area contributed by atoms with E-state index >= 15 is 0 Å². The molecule has 6 heteroatoms. The van der Waals surface area contributed by atoms with Gasteiger partial charge >= 0.3 is 12.1 Å². The van der Waals surface area contributed by atoms with Crippen LogP contribution in [0.1, 0.15) is 27.2 Å². The van der Waals surface area contributed by atoms with Crippen molar-refractivity contribution in [1.29, 1.82) is 0 Å². The van der Waals surface area contributed by atoms with E-state index in [9.17, 15) is 9.59 Å². The van der Waals surface area contributed by atoms with Gasteiger partial charge in [0.25, 0.3) is 0 Å². The molecule has 2 N–H and O–H groups in total. The van der Waals surface area contributed by atoms with Gasteiger partial charge in [0.05, 0.1) is 0 Å². The fourth-order valence-corrected chi connectivity index (χ4v) is 1.59. The van der Waals surface area contributed by atoms with Crippen LogP contribution in [0, 0.1) is 0 Å². The first-order chi connectivity index (χ1) is 7.79. The van der Waals surface area contributed by atoms with E-state index in [2.05, 4.69) is 5.32 Å². The number of nitrogens with zero attached hydrogens (tertiary/aromatic N) is 1. The van der Waals surface area contributed by atoms with E-state index in [-0.39, 0.29) is 6.09 Å². The standard InChI is InChI=1S/C11H20N2O4/c1-11(2,3)17-10(16)13-6-4-8(9(14)15)12-5-7-13/h8,12H,4-7H2,1-3H3,(H,14,15). The summed E-state index contributed by atoms with van der Waals surface area (Å²) >= 11 is 0. The van der Waals surface area contributed by atoms with Gasteiger partial charge in [0.2, 0.25) is 0 Å². The number of carboxylic acids is 1. The maximum atomic E-state index is 11.8. The third-order valence-corrected chi connectivity index (χ3v) is 2.41. The average Bonchev–Trinajstić information content (AvgIpc) is 2.39. The largest absolute Gasteiger partial charge is 0.480 e. The van der Waals surface area contributed by atoms with E-state index in [0.717, 1.165) is 0 Å². The molecule has 1 fully saturated rings. The molecule has 0 bridgehead atoms. The minimum absolute atomic E-state index is 0.384. The normalized spacial score (nSPS) is 21.8. The van der Waals surface area contributed by atoms with E-state index in [1.54, 1.807) is 25.7 Å². The van der Waals surface area contributed by atoms with Gasteiger partial charge in [0.1, 0.15) is 11.6 Å². The number of aliphatic carboxylic acids is 1. The highest BCUT2D eigenvalue weighted by molar-refractivity contribution is 5.74. The van der Waals surface area contributed by atoms with E-state index in [1.165, 1.54) is 0 Å². The van der Waals surface area contributed by atoms with Crippen LogP contribution in [0.15, 0.2) is 0 Å². The second-order valence-corrected chi connectivity index (χ2v) is 5.10. The first kappa shape index (κ1) is 13.8. The molecular formula is C11H20N2O4. The summed E-state index contributed by atoms with van der Waals surface area (Å²) < 4.78 is 5.24. The van der Waals surface area contributed by atoms with Crippen LogP contribution < -0.4 is 5.32 Å². The highest BCUT2D eigenvalue weighted by atomic mass is 16.6. The summed E-state index contributed by atoms with van der Waals surface area (Å²) in [6.07, 6.45) is 0.0135. The molecule has 17 heavy (non-hydrogen) atoms. The van der Waals surface area contributed by atoms with Crippen LogP contribution >= 0.6 is 0 Å². The zero-order valence-corrected chi connectivity index (χ0v) is 10.5. The molecule has 0 aromatic carbocycles. The molecule has 0 saturated carbocycles. The van der Waals surface area contributed by atoms with E-state index in [4.69, 9.17) is 9.84 Å². The minimum Gasteiger partial charge on any atom is -0.480 e. The lowest BCUT2D eigenvalue weighted by Gasteiger charge is -2.26. The van der Waals surface area contributed by atoms with Crippen LogP contribution in [0.25, 0.3) is 0 Å². The van der Waals surface area contributed by atoms with Gasteiger partial charge in [-0.25, -0.2) is 4.79 Å². The molecule has 1 heterocycles. The molecule has 1 rings (SSSR count). The zero-order chi connectivity index (χ0) is 13.1. The molecular weight excluding hydrogens is 224 g/mol. The summed E-state index contributed by atoms with van der Waals surface area (Å²) in [5.41, 5.74) is -0.525. The fraction of sp³-hybridized carbons (Fsp3) is 0.818. The van der Waals surface area contributed by atoms with Crippen molar-refractivity contribution in [2.75, 3.05) is 19.6 Å². The van der Waals surface area contributed by atoms with Gasteiger partial charge in [-0.1, -0.05) is 0 Å². The number of hydrogen-bond donors (Lipinski definition) is 2. The Morgan fingerprint density at radius 1 is 1.35 bits per heavy atom. The molecule has 1 amide bonds. The Morgan fingerprint density at radius 3 is 2.53 bits per heavy atom. The third-order valence-electron chi connectivity index (χ3n) is 2.41. The summed E-state index contributed by atoms with van der Waals surface area (Å²) in [6.45, 7) is 6.76. The Bertz CT molecular complexity index is 298.